The van der Waals surface area contributed by atoms with Crippen LogP contribution in [0.2, 0.25) is 0 Å². The summed E-state index contributed by atoms with van der Waals surface area (Å²) in [5.41, 5.74) is -1.02. The van der Waals surface area contributed by atoms with Gasteiger partial charge in [0.2, 0.25) is 11.8 Å². The second-order valence-corrected chi connectivity index (χ2v) is 4.05. The molecule has 1 aliphatic heterocycles. The molecule has 1 aromatic heterocycles. The molecular formula is C11H14F3N3O2. The van der Waals surface area contributed by atoms with Crippen molar-refractivity contribution < 1.29 is 22.6 Å². The summed E-state index contributed by atoms with van der Waals surface area (Å²) < 4.78 is 48.6. The minimum Gasteiger partial charge on any atom is -0.472 e. The molecule has 1 fully saturated rings. The lowest BCUT2D eigenvalue weighted by atomic mass is 10.3. The van der Waals surface area contributed by atoms with Gasteiger partial charge in [-0.3, -0.25) is 0 Å². The summed E-state index contributed by atoms with van der Waals surface area (Å²) in [6, 6.07) is 0.805. The molecule has 2 rings (SSSR count). The number of aromatic nitrogens is 2. The van der Waals surface area contributed by atoms with Crippen molar-refractivity contribution in [3.63, 3.8) is 0 Å². The monoisotopic (exact) mass is 277 g/mol. The van der Waals surface area contributed by atoms with E-state index in [0.29, 0.717) is 26.2 Å². The molecule has 2 heterocycles. The van der Waals surface area contributed by atoms with Gasteiger partial charge in [0.05, 0.1) is 13.2 Å². The van der Waals surface area contributed by atoms with Crippen LogP contribution in [-0.4, -0.2) is 35.8 Å². The average molecular weight is 277 g/mol. The van der Waals surface area contributed by atoms with Crippen LogP contribution in [0, 0.1) is 0 Å². The van der Waals surface area contributed by atoms with Gasteiger partial charge in [0, 0.05) is 19.0 Å². The van der Waals surface area contributed by atoms with Crippen LogP contribution in [0.5, 0.6) is 5.88 Å². The molecule has 8 heteroatoms. The summed E-state index contributed by atoms with van der Waals surface area (Å²) in [5.74, 6) is -0.181. The first-order valence-electron chi connectivity index (χ1n) is 5.93. The van der Waals surface area contributed by atoms with Gasteiger partial charge in [0.1, 0.15) is 6.10 Å². The highest BCUT2D eigenvalue weighted by atomic mass is 19.4. The van der Waals surface area contributed by atoms with E-state index in [1.165, 1.54) is 0 Å². The Morgan fingerprint density at radius 1 is 1.47 bits per heavy atom. The van der Waals surface area contributed by atoms with Crippen LogP contribution in [-0.2, 0) is 10.9 Å². The third kappa shape index (κ3) is 3.69. The molecule has 1 aromatic rings. The summed E-state index contributed by atoms with van der Waals surface area (Å²) in [4.78, 5) is 7.31. The van der Waals surface area contributed by atoms with Crippen molar-refractivity contribution in [3.05, 3.63) is 11.8 Å². The van der Waals surface area contributed by atoms with Crippen LogP contribution in [0.3, 0.4) is 0 Å². The van der Waals surface area contributed by atoms with Crippen molar-refractivity contribution in [2.45, 2.75) is 25.6 Å². The number of anilines is 1. The first-order valence-corrected chi connectivity index (χ1v) is 5.93. The predicted octanol–water partition coefficient (Wildman–Crippen LogP) is 2.09. The number of hydrogen-bond donors (Lipinski definition) is 1. The second kappa shape index (κ2) is 5.60. The maximum atomic E-state index is 12.7. The molecule has 1 unspecified atom stereocenters. The fraction of sp³-hybridized carbons (Fsp3) is 0.636. The zero-order valence-corrected chi connectivity index (χ0v) is 10.3. The maximum Gasteiger partial charge on any atom is 0.433 e. The summed E-state index contributed by atoms with van der Waals surface area (Å²) in [7, 11) is 0. The molecule has 1 atom stereocenters. The molecule has 1 N–H and O–H groups in total. The van der Waals surface area contributed by atoms with E-state index in [1.807, 2.05) is 0 Å². The second-order valence-electron chi connectivity index (χ2n) is 4.05. The Bertz CT molecular complexity index is 434. The van der Waals surface area contributed by atoms with E-state index in [1.54, 1.807) is 6.92 Å². The molecule has 5 nitrogen and oxygen atoms in total. The Labute approximate surface area is 108 Å². The van der Waals surface area contributed by atoms with Crippen LogP contribution >= 0.6 is 0 Å². The van der Waals surface area contributed by atoms with E-state index in [9.17, 15) is 13.2 Å². The molecule has 0 amide bonds. The minimum absolute atomic E-state index is 0.0891. The highest BCUT2D eigenvalue weighted by molar-refractivity contribution is 5.32. The van der Waals surface area contributed by atoms with Gasteiger partial charge in [-0.25, -0.2) is 4.98 Å². The number of nitrogens with zero attached hydrogens (tertiary/aromatic N) is 2. The summed E-state index contributed by atoms with van der Waals surface area (Å²) in [6.45, 7) is 3.08. The summed E-state index contributed by atoms with van der Waals surface area (Å²) in [5, 5.41) is 2.65. The van der Waals surface area contributed by atoms with Gasteiger partial charge in [-0.2, -0.15) is 18.2 Å². The van der Waals surface area contributed by atoms with E-state index < -0.39 is 11.9 Å². The van der Waals surface area contributed by atoms with Gasteiger partial charge in [-0.05, 0) is 6.92 Å². The van der Waals surface area contributed by atoms with Crippen LogP contribution in [0.15, 0.2) is 6.07 Å². The Morgan fingerprint density at radius 2 is 2.26 bits per heavy atom. The molecule has 1 saturated heterocycles. The quantitative estimate of drug-likeness (QED) is 0.913. The number of hydrogen-bond acceptors (Lipinski definition) is 5. The predicted molar refractivity (Wildman–Crippen MR) is 61.0 cm³/mol. The first-order chi connectivity index (χ1) is 8.99. The van der Waals surface area contributed by atoms with E-state index >= 15 is 0 Å². The van der Waals surface area contributed by atoms with E-state index in [-0.39, 0.29) is 17.9 Å². The highest BCUT2D eigenvalue weighted by Gasteiger charge is 2.34. The normalized spacial score (nSPS) is 19.5. The summed E-state index contributed by atoms with van der Waals surface area (Å²) >= 11 is 0. The number of ether oxygens (including phenoxy) is 2. The Morgan fingerprint density at radius 3 is 2.84 bits per heavy atom. The van der Waals surface area contributed by atoms with Crippen LogP contribution in [0.1, 0.15) is 19.0 Å². The fourth-order valence-electron chi connectivity index (χ4n) is 1.64. The molecule has 0 aliphatic carbocycles. The van der Waals surface area contributed by atoms with Crippen LogP contribution < -0.4 is 10.1 Å². The Hall–Kier alpha value is -1.57. The van der Waals surface area contributed by atoms with Gasteiger partial charge in [-0.15, -0.1) is 0 Å². The number of rotatable bonds is 4. The molecule has 0 saturated carbocycles. The third-order valence-corrected chi connectivity index (χ3v) is 2.50. The van der Waals surface area contributed by atoms with Gasteiger partial charge in [0.25, 0.3) is 0 Å². The molecule has 0 spiro atoms. The van der Waals surface area contributed by atoms with Crippen molar-refractivity contribution in [3.8, 4) is 5.88 Å². The maximum absolute atomic E-state index is 12.7. The summed E-state index contributed by atoms with van der Waals surface area (Å²) in [6.07, 6.45) is -4.15. The molecule has 106 valence electrons. The van der Waals surface area contributed by atoms with Crippen molar-refractivity contribution >= 4 is 5.95 Å². The zero-order valence-electron chi connectivity index (χ0n) is 10.3. The van der Waals surface area contributed by atoms with Gasteiger partial charge >= 0.3 is 6.18 Å². The lowest BCUT2D eigenvalue weighted by molar-refractivity contribution is -0.141. The Kier molecular flexibility index (Phi) is 4.08. The van der Waals surface area contributed by atoms with Crippen molar-refractivity contribution in [1.82, 2.24) is 9.97 Å². The van der Waals surface area contributed by atoms with Gasteiger partial charge in [0.15, 0.2) is 5.69 Å². The SMILES string of the molecule is CCNc1nc(OC2CCOC2)cc(C(F)(F)F)n1. The van der Waals surface area contributed by atoms with E-state index in [4.69, 9.17) is 9.47 Å². The molecule has 0 bridgehead atoms. The highest BCUT2D eigenvalue weighted by Crippen LogP contribution is 2.30. The third-order valence-electron chi connectivity index (χ3n) is 2.50. The lowest BCUT2D eigenvalue weighted by Crippen LogP contribution is -2.19. The van der Waals surface area contributed by atoms with Gasteiger partial charge in [-0.1, -0.05) is 0 Å². The molecule has 1 aliphatic rings. The van der Waals surface area contributed by atoms with E-state index in [2.05, 4.69) is 15.3 Å². The molecular weight excluding hydrogens is 263 g/mol. The molecule has 19 heavy (non-hydrogen) atoms. The minimum atomic E-state index is -4.53. The molecule has 0 aromatic carbocycles. The number of nitrogens with one attached hydrogen (secondary N) is 1. The zero-order chi connectivity index (χ0) is 13.9. The standard InChI is InChI=1S/C11H14F3N3O2/c1-2-15-10-16-8(11(12,13)14)5-9(17-10)19-7-3-4-18-6-7/h5,7H,2-4,6H2,1H3,(H,15,16,17). The average Bonchev–Trinajstić information content (AvgIpc) is 2.81. The number of halogens is 3. The van der Waals surface area contributed by atoms with Crippen LogP contribution in [0.25, 0.3) is 0 Å². The fourth-order valence-corrected chi connectivity index (χ4v) is 1.64. The largest absolute Gasteiger partial charge is 0.472 e. The lowest BCUT2D eigenvalue weighted by Gasteiger charge is -2.14. The van der Waals surface area contributed by atoms with Crippen molar-refractivity contribution in [2.75, 3.05) is 25.1 Å². The van der Waals surface area contributed by atoms with Gasteiger partial charge < -0.3 is 14.8 Å². The first kappa shape index (κ1) is 13.9. The van der Waals surface area contributed by atoms with E-state index in [0.717, 1.165) is 6.07 Å². The molecule has 0 radical (unpaired) electrons. The van der Waals surface area contributed by atoms with Crippen molar-refractivity contribution in [2.24, 2.45) is 0 Å². The number of alkyl halides is 3. The smallest absolute Gasteiger partial charge is 0.433 e. The Balaban J connectivity index is 2.22. The van der Waals surface area contributed by atoms with Crippen LogP contribution in [0.4, 0.5) is 19.1 Å². The topological polar surface area (TPSA) is 56.3 Å². The van der Waals surface area contributed by atoms with Crippen molar-refractivity contribution in [1.29, 1.82) is 0 Å².